The topological polar surface area (TPSA) is 95.9 Å². The Morgan fingerprint density at radius 2 is 1.91 bits per heavy atom. The highest BCUT2D eigenvalue weighted by atomic mass is 16.6. The lowest BCUT2D eigenvalue weighted by molar-refractivity contribution is 0.0263. The summed E-state index contributed by atoms with van der Waals surface area (Å²) in [4.78, 5) is 34.7. The van der Waals surface area contributed by atoms with E-state index in [4.69, 9.17) is 9.84 Å². The Kier molecular flexibility index (Phi) is 5.02. The summed E-state index contributed by atoms with van der Waals surface area (Å²) in [5.41, 5.74) is -0.611. The molecule has 1 aromatic heterocycles. The lowest BCUT2D eigenvalue weighted by Gasteiger charge is -2.26. The first-order valence-electron chi connectivity index (χ1n) is 7.54. The molecule has 1 fully saturated rings. The van der Waals surface area contributed by atoms with E-state index in [9.17, 15) is 9.59 Å². The monoisotopic (exact) mass is 322 g/mol. The average Bonchev–Trinajstić information content (AvgIpc) is 2.71. The number of carboxylic acids is 1. The highest BCUT2D eigenvalue weighted by molar-refractivity contribution is 5.85. The maximum Gasteiger partial charge on any atom is 0.410 e. The Bertz CT molecular complexity index is 585. The minimum atomic E-state index is -1.11. The van der Waals surface area contributed by atoms with E-state index in [0.29, 0.717) is 32.0 Å². The molecule has 8 nitrogen and oxygen atoms in total. The molecule has 1 amide bonds. The molecule has 0 atom stereocenters. The number of hydrogen-bond acceptors (Lipinski definition) is 6. The van der Waals surface area contributed by atoms with E-state index >= 15 is 0 Å². The summed E-state index contributed by atoms with van der Waals surface area (Å²) < 4.78 is 5.39. The van der Waals surface area contributed by atoms with Crippen molar-refractivity contribution in [3.8, 4) is 0 Å². The minimum Gasteiger partial charge on any atom is -0.476 e. The molecule has 8 heteroatoms. The highest BCUT2D eigenvalue weighted by Crippen LogP contribution is 2.15. The van der Waals surface area contributed by atoms with E-state index in [1.807, 2.05) is 25.7 Å². The Labute approximate surface area is 135 Å². The predicted molar refractivity (Wildman–Crippen MR) is 83.6 cm³/mol. The lowest BCUT2D eigenvalue weighted by atomic mass is 10.2. The fourth-order valence-electron chi connectivity index (χ4n) is 2.27. The zero-order chi connectivity index (χ0) is 17.0. The second kappa shape index (κ2) is 6.80. The molecule has 1 N–H and O–H groups in total. The Morgan fingerprint density at radius 1 is 1.17 bits per heavy atom. The first-order chi connectivity index (χ1) is 10.8. The number of carbonyl (C=O) groups is 2. The van der Waals surface area contributed by atoms with Crippen LogP contribution < -0.4 is 4.90 Å². The summed E-state index contributed by atoms with van der Waals surface area (Å²) in [6, 6.07) is 0. The number of nitrogens with zero attached hydrogens (tertiary/aromatic N) is 4. The van der Waals surface area contributed by atoms with Gasteiger partial charge in [-0.05, 0) is 27.2 Å². The molecule has 126 valence electrons. The van der Waals surface area contributed by atoms with Crippen LogP contribution in [-0.4, -0.2) is 63.8 Å². The quantitative estimate of drug-likeness (QED) is 0.883. The van der Waals surface area contributed by atoms with Crippen molar-refractivity contribution < 1.29 is 19.4 Å². The largest absolute Gasteiger partial charge is 0.476 e. The van der Waals surface area contributed by atoms with Gasteiger partial charge in [-0.25, -0.2) is 14.6 Å². The molecule has 2 heterocycles. The van der Waals surface area contributed by atoms with Crippen LogP contribution in [0.5, 0.6) is 0 Å². The number of rotatable bonds is 2. The van der Waals surface area contributed by atoms with Crippen LogP contribution in [0.3, 0.4) is 0 Å². The summed E-state index contributed by atoms with van der Waals surface area (Å²) in [6.07, 6.45) is 3.18. The smallest absolute Gasteiger partial charge is 0.410 e. The van der Waals surface area contributed by atoms with E-state index in [-0.39, 0.29) is 11.8 Å². The fourth-order valence-corrected chi connectivity index (χ4v) is 2.27. The molecule has 0 aromatic carbocycles. The number of carbonyl (C=O) groups excluding carboxylic acids is 1. The molecule has 1 aliphatic rings. The number of carboxylic acid groups (broad SMARTS) is 1. The molecule has 0 bridgehead atoms. The molecule has 0 saturated carbocycles. The molecule has 1 aliphatic heterocycles. The van der Waals surface area contributed by atoms with Crippen molar-refractivity contribution in [3.63, 3.8) is 0 Å². The molecule has 0 unspecified atom stereocenters. The van der Waals surface area contributed by atoms with E-state index in [1.54, 1.807) is 4.90 Å². The van der Waals surface area contributed by atoms with Gasteiger partial charge in [0.25, 0.3) is 0 Å². The van der Waals surface area contributed by atoms with Gasteiger partial charge in [0.1, 0.15) is 11.4 Å². The molecule has 0 spiro atoms. The standard InChI is InChI=1S/C15H22N4O4/c1-15(2,3)23-14(22)19-6-4-5-18(7-8-19)12-10-16-9-11(17-12)13(20)21/h9-10H,4-8H2,1-3H3,(H,20,21). The van der Waals surface area contributed by atoms with Crippen molar-refractivity contribution in [2.45, 2.75) is 32.8 Å². The van der Waals surface area contributed by atoms with Crippen molar-refractivity contribution in [1.82, 2.24) is 14.9 Å². The molecule has 0 radical (unpaired) electrons. The van der Waals surface area contributed by atoms with Crippen molar-refractivity contribution >= 4 is 17.9 Å². The van der Waals surface area contributed by atoms with Crippen molar-refractivity contribution in [2.75, 3.05) is 31.1 Å². The minimum absolute atomic E-state index is 0.0873. The third-order valence-corrected chi connectivity index (χ3v) is 3.31. The van der Waals surface area contributed by atoms with Gasteiger partial charge < -0.3 is 19.6 Å². The molecular formula is C15H22N4O4. The van der Waals surface area contributed by atoms with Gasteiger partial charge in [0, 0.05) is 26.2 Å². The van der Waals surface area contributed by atoms with Gasteiger partial charge in [0.15, 0.2) is 5.69 Å². The molecule has 0 aliphatic carbocycles. The zero-order valence-electron chi connectivity index (χ0n) is 13.7. The number of aromatic carboxylic acids is 1. The van der Waals surface area contributed by atoms with Crippen molar-refractivity contribution in [1.29, 1.82) is 0 Å². The normalized spacial score (nSPS) is 16.0. The second-order valence-corrected chi connectivity index (χ2v) is 6.38. The first-order valence-corrected chi connectivity index (χ1v) is 7.54. The van der Waals surface area contributed by atoms with Gasteiger partial charge in [-0.2, -0.15) is 0 Å². The van der Waals surface area contributed by atoms with Crippen LogP contribution in [0.2, 0.25) is 0 Å². The van der Waals surface area contributed by atoms with Crippen LogP contribution in [0.15, 0.2) is 12.4 Å². The molecule has 2 rings (SSSR count). The summed E-state index contributed by atoms with van der Waals surface area (Å²) in [6.45, 7) is 7.82. The number of ether oxygens (including phenoxy) is 1. The maximum absolute atomic E-state index is 12.1. The van der Waals surface area contributed by atoms with E-state index in [0.717, 1.165) is 6.42 Å². The summed E-state index contributed by atoms with van der Waals surface area (Å²) in [5.74, 6) is -0.597. The highest BCUT2D eigenvalue weighted by Gasteiger charge is 2.25. The van der Waals surface area contributed by atoms with E-state index in [2.05, 4.69) is 9.97 Å². The summed E-state index contributed by atoms with van der Waals surface area (Å²) >= 11 is 0. The second-order valence-electron chi connectivity index (χ2n) is 6.38. The first kappa shape index (κ1) is 17.0. The maximum atomic E-state index is 12.1. The van der Waals surface area contributed by atoms with Crippen molar-refractivity contribution in [3.05, 3.63) is 18.1 Å². The van der Waals surface area contributed by atoms with Gasteiger partial charge >= 0.3 is 12.1 Å². The van der Waals surface area contributed by atoms with E-state index in [1.165, 1.54) is 12.4 Å². The zero-order valence-corrected chi connectivity index (χ0v) is 13.7. The Balaban J connectivity index is 2.02. The average molecular weight is 322 g/mol. The number of hydrogen-bond donors (Lipinski definition) is 1. The van der Waals surface area contributed by atoms with Crippen molar-refractivity contribution in [2.24, 2.45) is 0 Å². The summed E-state index contributed by atoms with van der Waals surface area (Å²) in [5, 5.41) is 9.00. The van der Waals surface area contributed by atoms with Crippen LogP contribution >= 0.6 is 0 Å². The third-order valence-electron chi connectivity index (χ3n) is 3.31. The SMILES string of the molecule is CC(C)(C)OC(=O)N1CCCN(c2cncc(C(=O)O)n2)CC1. The molecule has 23 heavy (non-hydrogen) atoms. The Hall–Kier alpha value is -2.38. The number of amides is 1. The third kappa shape index (κ3) is 4.80. The summed E-state index contributed by atoms with van der Waals surface area (Å²) in [7, 11) is 0. The van der Waals surface area contributed by atoms with E-state index < -0.39 is 11.6 Å². The molecule has 1 aromatic rings. The lowest BCUT2D eigenvalue weighted by Crippen LogP contribution is -2.39. The van der Waals surface area contributed by atoms with Crippen LogP contribution in [0.1, 0.15) is 37.7 Å². The van der Waals surface area contributed by atoms with Gasteiger partial charge in [0.2, 0.25) is 0 Å². The number of anilines is 1. The van der Waals surface area contributed by atoms with Gasteiger partial charge in [-0.15, -0.1) is 0 Å². The molecular weight excluding hydrogens is 300 g/mol. The number of aromatic nitrogens is 2. The fraction of sp³-hybridized carbons (Fsp3) is 0.600. The van der Waals surface area contributed by atoms with Crippen LogP contribution in [0.25, 0.3) is 0 Å². The van der Waals surface area contributed by atoms with Crippen LogP contribution in [-0.2, 0) is 4.74 Å². The van der Waals surface area contributed by atoms with Gasteiger partial charge in [0.05, 0.1) is 12.4 Å². The van der Waals surface area contributed by atoms with Crippen LogP contribution in [0, 0.1) is 0 Å². The van der Waals surface area contributed by atoms with Gasteiger partial charge in [-0.1, -0.05) is 0 Å². The molecule has 1 saturated heterocycles. The predicted octanol–water partition coefficient (Wildman–Crippen LogP) is 1.62. The van der Waals surface area contributed by atoms with Crippen LogP contribution in [0.4, 0.5) is 10.6 Å². The Morgan fingerprint density at radius 3 is 2.57 bits per heavy atom. The van der Waals surface area contributed by atoms with Gasteiger partial charge in [-0.3, -0.25) is 4.98 Å².